The van der Waals surface area contributed by atoms with Crippen LogP contribution in [0.2, 0.25) is 0 Å². The number of nitrogens with zero attached hydrogens (tertiary/aromatic N) is 2. The fraction of sp³-hybridized carbons (Fsp3) is 0.588. The second-order valence-electron chi connectivity index (χ2n) is 5.56. The predicted octanol–water partition coefficient (Wildman–Crippen LogP) is 3.34. The molecule has 1 aromatic carbocycles. The highest BCUT2D eigenvalue weighted by molar-refractivity contribution is 5.31. The van der Waals surface area contributed by atoms with Gasteiger partial charge in [0.1, 0.15) is 0 Å². The van der Waals surface area contributed by atoms with Gasteiger partial charge in [-0.2, -0.15) is 5.26 Å². The van der Waals surface area contributed by atoms with Gasteiger partial charge in [0.25, 0.3) is 0 Å². The Bertz CT molecular complexity index is 435. The van der Waals surface area contributed by atoms with Crippen LogP contribution in [0, 0.1) is 11.3 Å². The van der Waals surface area contributed by atoms with Crippen LogP contribution >= 0.6 is 0 Å². The zero-order valence-corrected chi connectivity index (χ0v) is 12.3. The molecule has 0 amide bonds. The van der Waals surface area contributed by atoms with E-state index in [9.17, 15) is 0 Å². The van der Waals surface area contributed by atoms with Crippen molar-refractivity contribution in [3.63, 3.8) is 0 Å². The number of benzene rings is 1. The summed E-state index contributed by atoms with van der Waals surface area (Å²) in [5.41, 5.74) is 2.05. The molecular formula is C17H24N2O. The molecule has 1 fully saturated rings. The largest absolute Gasteiger partial charge is 0.385 e. The van der Waals surface area contributed by atoms with Gasteiger partial charge in [-0.05, 0) is 49.9 Å². The molecule has 0 aliphatic carbocycles. The number of ether oxygens (including phenoxy) is 1. The molecule has 0 bridgehead atoms. The van der Waals surface area contributed by atoms with Crippen molar-refractivity contribution in [3.8, 4) is 6.07 Å². The van der Waals surface area contributed by atoms with Crippen LogP contribution in [0.25, 0.3) is 0 Å². The molecule has 1 aliphatic heterocycles. The first-order valence-electron chi connectivity index (χ1n) is 7.55. The van der Waals surface area contributed by atoms with Gasteiger partial charge in [0.2, 0.25) is 0 Å². The minimum absolute atomic E-state index is 0.689. The average molecular weight is 272 g/mol. The Kier molecular flexibility index (Phi) is 6.04. The molecule has 0 aromatic heterocycles. The molecule has 2 rings (SSSR count). The summed E-state index contributed by atoms with van der Waals surface area (Å²) in [7, 11) is 1.77. The minimum Gasteiger partial charge on any atom is -0.385 e. The molecule has 1 aromatic rings. The standard InChI is InChI=1S/C17H24N2O/c1-20-12-4-6-17-5-2-3-11-19(17)14-16-9-7-15(13-18)8-10-16/h7-10,17H,2-6,11-12,14H2,1H3/t17-/m0/s1. The number of hydrogen-bond acceptors (Lipinski definition) is 3. The molecule has 0 unspecified atom stereocenters. The fourth-order valence-electron chi connectivity index (χ4n) is 2.98. The van der Waals surface area contributed by atoms with Gasteiger partial charge in [0.15, 0.2) is 0 Å². The smallest absolute Gasteiger partial charge is 0.0991 e. The number of piperidine rings is 1. The third-order valence-electron chi connectivity index (χ3n) is 4.10. The highest BCUT2D eigenvalue weighted by Gasteiger charge is 2.21. The molecule has 0 radical (unpaired) electrons. The van der Waals surface area contributed by atoms with Crippen molar-refractivity contribution in [2.75, 3.05) is 20.3 Å². The Morgan fingerprint density at radius 3 is 2.80 bits per heavy atom. The van der Waals surface area contributed by atoms with Gasteiger partial charge in [-0.1, -0.05) is 18.6 Å². The van der Waals surface area contributed by atoms with Crippen LogP contribution in [0.5, 0.6) is 0 Å². The molecule has 1 aliphatic rings. The van der Waals surface area contributed by atoms with Crippen molar-refractivity contribution in [3.05, 3.63) is 35.4 Å². The van der Waals surface area contributed by atoms with Gasteiger partial charge >= 0.3 is 0 Å². The zero-order valence-electron chi connectivity index (χ0n) is 12.3. The van der Waals surface area contributed by atoms with Crippen LogP contribution < -0.4 is 0 Å². The number of nitriles is 1. The lowest BCUT2D eigenvalue weighted by Crippen LogP contribution is -2.39. The average Bonchev–Trinajstić information content (AvgIpc) is 2.50. The molecule has 3 heteroatoms. The van der Waals surface area contributed by atoms with Gasteiger partial charge in [-0.3, -0.25) is 4.90 Å². The van der Waals surface area contributed by atoms with Crippen LogP contribution in [0.4, 0.5) is 0 Å². The molecule has 20 heavy (non-hydrogen) atoms. The Labute approximate surface area is 122 Å². The number of hydrogen-bond donors (Lipinski definition) is 0. The number of methoxy groups -OCH3 is 1. The van der Waals surface area contributed by atoms with E-state index in [4.69, 9.17) is 10.00 Å². The molecule has 0 N–H and O–H groups in total. The first kappa shape index (κ1) is 15.0. The van der Waals surface area contributed by atoms with Crippen LogP contribution in [0.15, 0.2) is 24.3 Å². The van der Waals surface area contributed by atoms with E-state index in [0.717, 1.165) is 25.1 Å². The van der Waals surface area contributed by atoms with E-state index >= 15 is 0 Å². The maximum Gasteiger partial charge on any atom is 0.0991 e. The fourth-order valence-corrected chi connectivity index (χ4v) is 2.98. The van der Waals surface area contributed by atoms with E-state index in [1.54, 1.807) is 7.11 Å². The molecule has 3 nitrogen and oxygen atoms in total. The van der Waals surface area contributed by atoms with E-state index in [-0.39, 0.29) is 0 Å². The lowest BCUT2D eigenvalue weighted by molar-refractivity contribution is 0.116. The first-order chi connectivity index (χ1) is 9.83. The van der Waals surface area contributed by atoms with Crippen LogP contribution in [-0.4, -0.2) is 31.2 Å². The van der Waals surface area contributed by atoms with Gasteiger partial charge in [-0.25, -0.2) is 0 Å². The summed E-state index contributed by atoms with van der Waals surface area (Å²) in [6.45, 7) is 3.06. The summed E-state index contributed by atoms with van der Waals surface area (Å²) in [5, 5.41) is 8.84. The van der Waals surface area contributed by atoms with Crippen LogP contribution in [0.1, 0.15) is 43.2 Å². The summed E-state index contributed by atoms with van der Waals surface area (Å²) >= 11 is 0. The van der Waals surface area contributed by atoms with Crippen molar-refractivity contribution in [1.29, 1.82) is 5.26 Å². The van der Waals surface area contributed by atoms with Crippen LogP contribution in [0.3, 0.4) is 0 Å². The highest BCUT2D eigenvalue weighted by atomic mass is 16.5. The van der Waals surface area contributed by atoms with E-state index in [2.05, 4.69) is 23.1 Å². The Morgan fingerprint density at radius 1 is 1.30 bits per heavy atom. The first-order valence-corrected chi connectivity index (χ1v) is 7.55. The zero-order chi connectivity index (χ0) is 14.2. The second-order valence-corrected chi connectivity index (χ2v) is 5.56. The Hall–Kier alpha value is -1.37. The SMILES string of the molecule is COCCC[C@@H]1CCCCN1Cc1ccc(C#N)cc1. The number of rotatable bonds is 6. The molecule has 1 saturated heterocycles. The van der Waals surface area contributed by atoms with E-state index in [1.807, 2.05) is 12.1 Å². The van der Waals surface area contributed by atoms with E-state index in [0.29, 0.717) is 6.04 Å². The quantitative estimate of drug-likeness (QED) is 0.745. The van der Waals surface area contributed by atoms with Crippen molar-refractivity contribution in [1.82, 2.24) is 4.90 Å². The number of likely N-dealkylation sites (tertiary alicyclic amines) is 1. The predicted molar refractivity (Wildman–Crippen MR) is 80.3 cm³/mol. The highest BCUT2D eigenvalue weighted by Crippen LogP contribution is 2.23. The summed E-state index contributed by atoms with van der Waals surface area (Å²) < 4.78 is 5.16. The maximum atomic E-state index is 8.84. The maximum absolute atomic E-state index is 8.84. The summed E-state index contributed by atoms with van der Waals surface area (Å²) in [5.74, 6) is 0. The Morgan fingerprint density at radius 2 is 2.10 bits per heavy atom. The van der Waals surface area contributed by atoms with Gasteiger partial charge in [0.05, 0.1) is 11.6 Å². The monoisotopic (exact) mass is 272 g/mol. The second kappa shape index (κ2) is 8.04. The van der Waals surface area contributed by atoms with E-state index < -0.39 is 0 Å². The lowest BCUT2D eigenvalue weighted by Gasteiger charge is -2.36. The topological polar surface area (TPSA) is 36.3 Å². The molecule has 1 atom stereocenters. The summed E-state index contributed by atoms with van der Waals surface area (Å²) in [6.07, 6.45) is 6.33. The van der Waals surface area contributed by atoms with Crippen molar-refractivity contribution < 1.29 is 4.74 Å². The summed E-state index contributed by atoms with van der Waals surface area (Å²) in [6, 6.07) is 10.9. The Balaban J connectivity index is 1.91. The van der Waals surface area contributed by atoms with Crippen molar-refractivity contribution >= 4 is 0 Å². The molecule has 108 valence electrons. The normalized spacial score (nSPS) is 19.7. The minimum atomic E-state index is 0.689. The van der Waals surface area contributed by atoms with Gasteiger partial charge in [0, 0.05) is 26.3 Å². The van der Waals surface area contributed by atoms with Gasteiger partial charge < -0.3 is 4.74 Å². The third kappa shape index (κ3) is 4.33. The molecular weight excluding hydrogens is 248 g/mol. The molecule has 0 spiro atoms. The summed E-state index contributed by atoms with van der Waals surface area (Å²) in [4.78, 5) is 2.60. The molecule has 1 heterocycles. The van der Waals surface area contributed by atoms with Crippen LogP contribution in [-0.2, 0) is 11.3 Å². The van der Waals surface area contributed by atoms with Crippen molar-refractivity contribution in [2.24, 2.45) is 0 Å². The van der Waals surface area contributed by atoms with E-state index in [1.165, 1.54) is 37.8 Å². The van der Waals surface area contributed by atoms with Gasteiger partial charge in [-0.15, -0.1) is 0 Å². The third-order valence-corrected chi connectivity index (χ3v) is 4.10. The molecule has 0 saturated carbocycles. The van der Waals surface area contributed by atoms with Crippen molar-refractivity contribution in [2.45, 2.75) is 44.7 Å². The lowest BCUT2D eigenvalue weighted by atomic mass is 9.97.